The van der Waals surface area contributed by atoms with Gasteiger partial charge in [-0.25, -0.2) is 4.90 Å². The van der Waals surface area contributed by atoms with Gasteiger partial charge in [0.05, 0.1) is 18.5 Å². The van der Waals surface area contributed by atoms with Gasteiger partial charge in [-0.05, 0) is 52.9 Å². The first-order valence-electron chi connectivity index (χ1n) is 12.6. The van der Waals surface area contributed by atoms with Gasteiger partial charge in [-0.2, -0.15) is 0 Å². The Morgan fingerprint density at radius 2 is 1.38 bits per heavy atom. The zero-order valence-electron chi connectivity index (χ0n) is 22.8. The van der Waals surface area contributed by atoms with Gasteiger partial charge in [-0.1, -0.05) is 72.6 Å². The van der Waals surface area contributed by atoms with Gasteiger partial charge in [-0.15, -0.1) is 0 Å². The average molecular weight is 565 g/mol. The van der Waals surface area contributed by atoms with Crippen molar-refractivity contribution in [3.63, 3.8) is 0 Å². The number of ether oxygens (including phenoxy) is 1. The minimum Gasteiger partial charge on any atom is -0.497 e. The summed E-state index contributed by atoms with van der Waals surface area (Å²) in [5.41, 5.74) is 17.7. The van der Waals surface area contributed by atoms with Crippen LogP contribution in [0.5, 0.6) is 5.75 Å². The molecule has 3 aromatic carbocycles. The molecule has 1 fully saturated rings. The molecule has 0 saturated carbocycles. The summed E-state index contributed by atoms with van der Waals surface area (Å²) in [5.74, 6) is -3.66. The predicted octanol–water partition coefficient (Wildman–Crippen LogP) is 6.30. The van der Waals surface area contributed by atoms with E-state index in [1.54, 1.807) is 50.2 Å². The highest BCUT2D eigenvalue weighted by Crippen LogP contribution is 2.33. The van der Waals surface area contributed by atoms with Crippen molar-refractivity contribution in [2.75, 3.05) is 7.11 Å². The van der Waals surface area contributed by atoms with Gasteiger partial charge in [0.25, 0.3) is 23.6 Å². The van der Waals surface area contributed by atoms with Crippen LogP contribution in [0.1, 0.15) is 40.1 Å². The quantitative estimate of drug-likeness (QED) is 0.107. The van der Waals surface area contributed by atoms with Gasteiger partial charge in [0.2, 0.25) is 0 Å². The first-order chi connectivity index (χ1) is 20.2. The van der Waals surface area contributed by atoms with Gasteiger partial charge in [-0.3, -0.25) is 24.1 Å². The lowest BCUT2D eigenvalue weighted by molar-refractivity contribution is -0.147. The van der Waals surface area contributed by atoms with Crippen LogP contribution in [0.4, 0.5) is 11.4 Å². The van der Waals surface area contributed by atoms with Crippen LogP contribution in [0.3, 0.4) is 0 Å². The monoisotopic (exact) mass is 564 g/mol. The van der Waals surface area contributed by atoms with Gasteiger partial charge < -0.3 is 4.74 Å². The topological polar surface area (TPSA) is 182 Å². The standard InChI is InChI=1S/C29H24N8O5/c1-17(2)25-29(41)36(26(38)20-8-4-6-10-22(20)32-34-30)24(16-18-12-14-19(42-3)15-13-18)28(40)37(25)27(39)21-9-5-7-11-23(21)33-35-31/h4-17,25H,1-3H3/b24-16-. The summed E-state index contributed by atoms with van der Waals surface area (Å²) in [4.78, 5) is 63.3. The highest BCUT2D eigenvalue weighted by molar-refractivity contribution is 6.24. The van der Waals surface area contributed by atoms with Gasteiger partial charge in [0.1, 0.15) is 17.5 Å². The number of piperazine rings is 1. The van der Waals surface area contributed by atoms with Crippen molar-refractivity contribution in [3.05, 3.63) is 116 Å². The Balaban J connectivity index is 1.94. The number of hydrogen-bond donors (Lipinski definition) is 0. The Kier molecular flexibility index (Phi) is 8.67. The van der Waals surface area contributed by atoms with Crippen LogP contribution in [-0.2, 0) is 9.59 Å². The molecule has 1 unspecified atom stereocenters. The van der Waals surface area contributed by atoms with Gasteiger partial charge in [0, 0.05) is 21.0 Å². The molecule has 3 aromatic rings. The van der Waals surface area contributed by atoms with Crippen molar-refractivity contribution in [1.29, 1.82) is 0 Å². The fourth-order valence-corrected chi connectivity index (χ4v) is 4.53. The van der Waals surface area contributed by atoms with Crippen LogP contribution >= 0.6 is 0 Å². The summed E-state index contributed by atoms with van der Waals surface area (Å²) in [6, 6.07) is 16.8. The third-order valence-electron chi connectivity index (χ3n) is 6.48. The maximum Gasteiger partial charge on any atom is 0.278 e. The second kappa shape index (κ2) is 12.5. The number of azide groups is 2. The minimum atomic E-state index is -1.40. The summed E-state index contributed by atoms with van der Waals surface area (Å²) in [6.07, 6.45) is 1.31. The molecule has 210 valence electrons. The number of nitrogens with zero attached hydrogens (tertiary/aromatic N) is 8. The third kappa shape index (κ3) is 5.54. The van der Waals surface area contributed by atoms with Crippen LogP contribution < -0.4 is 4.74 Å². The highest BCUT2D eigenvalue weighted by Gasteiger charge is 2.50. The number of carbonyl (C=O) groups is 4. The fraction of sp³-hybridized carbons (Fsp3) is 0.172. The van der Waals surface area contributed by atoms with E-state index in [4.69, 9.17) is 15.8 Å². The van der Waals surface area contributed by atoms with Gasteiger partial charge >= 0.3 is 0 Å². The summed E-state index contributed by atoms with van der Waals surface area (Å²) in [5, 5.41) is 7.11. The highest BCUT2D eigenvalue weighted by atomic mass is 16.5. The van der Waals surface area contributed by atoms with Crippen molar-refractivity contribution in [2.45, 2.75) is 19.9 Å². The van der Waals surface area contributed by atoms with Crippen LogP contribution in [-0.4, -0.2) is 46.6 Å². The molecule has 0 spiro atoms. The summed E-state index contributed by atoms with van der Waals surface area (Å²) < 4.78 is 5.19. The number of amides is 4. The molecule has 0 N–H and O–H groups in total. The Morgan fingerprint density at radius 3 is 1.88 bits per heavy atom. The molecule has 1 aliphatic rings. The summed E-state index contributed by atoms with van der Waals surface area (Å²) >= 11 is 0. The lowest BCUT2D eigenvalue weighted by atomic mass is 9.94. The smallest absolute Gasteiger partial charge is 0.278 e. The van der Waals surface area contributed by atoms with Crippen molar-refractivity contribution in [1.82, 2.24) is 9.80 Å². The molecule has 0 bridgehead atoms. The van der Waals surface area contributed by atoms with Crippen molar-refractivity contribution in [3.8, 4) is 5.75 Å². The van der Waals surface area contributed by atoms with E-state index in [0.29, 0.717) is 16.2 Å². The molecule has 13 nitrogen and oxygen atoms in total. The molecule has 4 rings (SSSR count). The second-order valence-electron chi connectivity index (χ2n) is 9.36. The molecule has 0 aromatic heterocycles. The lowest BCUT2D eigenvalue weighted by Crippen LogP contribution is -2.63. The Morgan fingerprint density at radius 1 is 0.857 bits per heavy atom. The number of carbonyl (C=O) groups excluding carboxylic acids is 4. The predicted molar refractivity (Wildman–Crippen MR) is 152 cm³/mol. The zero-order chi connectivity index (χ0) is 30.4. The summed E-state index contributed by atoms with van der Waals surface area (Å²) in [7, 11) is 1.49. The Labute approximate surface area is 239 Å². The molecule has 0 radical (unpaired) electrons. The molecule has 42 heavy (non-hydrogen) atoms. The molecular weight excluding hydrogens is 540 g/mol. The second-order valence-corrected chi connectivity index (χ2v) is 9.36. The van der Waals surface area contributed by atoms with E-state index >= 15 is 0 Å². The molecule has 1 saturated heterocycles. The fourth-order valence-electron chi connectivity index (χ4n) is 4.53. The molecule has 1 aliphatic heterocycles. The molecule has 4 amide bonds. The SMILES string of the molecule is COc1ccc(/C=C2/C(=O)N(C(=O)c3ccccc3N=[N+]=[N-])C(C(C)C)C(=O)N2C(=O)c2ccccc2N=[N+]=[N-])cc1. The van der Waals surface area contributed by atoms with E-state index in [9.17, 15) is 19.2 Å². The molecule has 1 atom stereocenters. The van der Waals surface area contributed by atoms with E-state index in [0.717, 1.165) is 4.90 Å². The Bertz CT molecular complexity index is 1700. The van der Waals surface area contributed by atoms with Crippen molar-refractivity contribution in [2.24, 2.45) is 16.1 Å². The van der Waals surface area contributed by atoms with E-state index in [1.807, 2.05) is 0 Å². The number of methoxy groups -OCH3 is 1. The number of hydrogen-bond acceptors (Lipinski definition) is 7. The number of rotatable bonds is 7. The molecule has 13 heteroatoms. The first kappa shape index (κ1) is 29.1. The molecular formula is C29H24N8O5. The van der Waals surface area contributed by atoms with Crippen LogP contribution in [0.25, 0.3) is 27.0 Å². The van der Waals surface area contributed by atoms with Crippen LogP contribution in [0.2, 0.25) is 0 Å². The van der Waals surface area contributed by atoms with E-state index in [2.05, 4.69) is 20.1 Å². The normalized spacial score (nSPS) is 15.7. The van der Waals surface area contributed by atoms with Crippen molar-refractivity contribution < 1.29 is 23.9 Å². The maximum atomic E-state index is 14.2. The summed E-state index contributed by atoms with van der Waals surface area (Å²) in [6.45, 7) is 3.26. The van der Waals surface area contributed by atoms with E-state index < -0.39 is 41.3 Å². The average Bonchev–Trinajstić information content (AvgIpc) is 2.99. The Hall–Kier alpha value is -5.90. The minimum absolute atomic E-state index is 0.0322. The molecule has 1 heterocycles. The third-order valence-corrected chi connectivity index (χ3v) is 6.48. The van der Waals surface area contributed by atoms with E-state index in [-0.39, 0.29) is 22.5 Å². The van der Waals surface area contributed by atoms with E-state index in [1.165, 1.54) is 49.6 Å². The number of benzene rings is 3. The van der Waals surface area contributed by atoms with Gasteiger partial charge in [0.15, 0.2) is 0 Å². The lowest BCUT2D eigenvalue weighted by Gasteiger charge is -2.41. The van der Waals surface area contributed by atoms with Crippen LogP contribution in [0, 0.1) is 5.92 Å². The van der Waals surface area contributed by atoms with Crippen molar-refractivity contribution >= 4 is 41.1 Å². The number of imide groups is 2. The largest absolute Gasteiger partial charge is 0.497 e. The van der Waals surface area contributed by atoms with Crippen LogP contribution in [0.15, 0.2) is 88.7 Å². The first-order valence-corrected chi connectivity index (χ1v) is 12.6. The maximum absolute atomic E-state index is 14.2. The zero-order valence-corrected chi connectivity index (χ0v) is 22.8. The molecule has 0 aliphatic carbocycles.